The number of aryl methyl sites for hydroxylation is 1. The number of anilines is 1. The number of aromatic nitrogens is 2. The minimum atomic E-state index is -0.422. The Bertz CT molecular complexity index is 1060. The van der Waals surface area contributed by atoms with Crippen LogP contribution >= 0.6 is 34.7 Å². The number of nitrogens with zero attached hydrogens (tertiary/aromatic N) is 3. The minimum Gasteiger partial charge on any atom is -0.301 e. The molecule has 0 bridgehead atoms. The maximum absolute atomic E-state index is 12.7. The van der Waals surface area contributed by atoms with E-state index in [0.29, 0.717) is 20.7 Å². The molecule has 0 saturated carbocycles. The van der Waals surface area contributed by atoms with Gasteiger partial charge in [-0.05, 0) is 44.0 Å². The first-order chi connectivity index (χ1) is 14.5. The highest BCUT2D eigenvalue weighted by atomic mass is 35.5. The highest BCUT2D eigenvalue weighted by molar-refractivity contribution is 8.00. The zero-order chi connectivity index (χ0) is 21.5. The monoisotopic (exact) mass is 456 g/mol. The average molecular weight is 457 g/mol. The first kappa shape index (κ1) is 22.3. The summed E-state index contributed by atoms with van der Waals surface area (Å²) in [6.07, 6.45) is 2.98. The van der Waals surface area contributed by atoms with Crippen LogP contribution in [0.15, 0.2) is 46.8 Å². The molecule has 0 radical (unpaired) electrons. The van der Waals surface area contributed by atoms with Gasteiger partial charge in [0.25, 0.3) is 0 Å². The number of halogens is 1. The molecular formula is C22H21ClN4OS2. The van der Waals surface area contributed by atoms with E-state index < -0.39 is 5.25 Å². The summed E-state index contributed by atoms with van der Waals surface area (Å²) < 4.78 is 0. The number of hydrogen-bond donors (Lipinski definition) is 1. The van der Waals surface area contributed by atoms with E-state index in [9.17, 15) is 10.1 Å². The molecule has 30 heavy (non-hydrogen) atoms. The Balaban J connectivity index is 1.66. The molecular weight excluding hydrogens is 436 g/mol. The summed E-state index contributed by atoms with van der Waals surface area (Å²) in [6.45, 7) is 3.93. The van der Waals surface area contributed by atoms with Crippen molar-refractivity contribution in [2.45, 2.75) is 43.4 Å². The summed E-state index contributed by atoms with van der Waals surface area (Å²) in [6, 6.07) is 13.2. The van der Waals surface area contributed by atoms with Gasteiger partial charge in [0.1, 0.15) is 11.1 Å². The molecule has 2 heterocycles. The van der Waals surface area contributed by atoms with Gasteiger partial charge in [-0.2, -0.15) is 5.26 Å². The standard InChI is InChI=1S/C22H21ClN4OS2/c1-3-4-5-18-11-8-16(12-24)21(25-18)30-14(2)20(28)27-22-26-19(13-29-22)15-6-9-17(23)10-7-15/h6-11,13-14H,3-5H2,1-2H3,(H,26,27,28). The third kappa shape index (κ3) is 5.82. The van der Waals surface area contributed by atoms with Crippen molar-refractivity contribution in [2.24, 2.45) is 0 Å². The average Bonchev–Trinajstić information content (AvgIpc) is 3.21. The zero-order valence-corrected chi connectivity index (χ0v) is 19.1. The van der Waals surface area contributed by atoms with Crippen molar-refractivity contribution in [2.75, 3.05) is 5.32 Å². The molecule has 8 heteroatoms. The minimum absolute atomic E-state index is 0.179. The molecule has 1 aromatic carbocycles. The van der Waals surface area contributed by atoms with E-state index in [4.69, 9.17) is 11.6 Å². The van der Waals surface area contributed by atoms with Crippen molar-refractivity contribution in [1.82, 2.24) is 9.97 Å². The summed E-state index contributed by atoms with van der Waals surface area (Å²) in [5.74, 6) is -0.179. The predicted octanol–water partition coefficient (Wildman–Crippen LogP) is 6.19. The number of rotatable bonds is 8. The predicted molar refractivity (Wildman–Crippen MR) is 124 cm³/mol. The fraction of sp³-hybridized carbons (Fsp3) is 0.273. The van der Waals surface area contributed by atoms with Crippen LogP contribution in [0, 0.1) is 11.3 Å². The summed E-state index contributed by atoms with van der Waals surface area (Å²) in [7, 11) is 0. The summed E-state index contributed by atoms with van der Waals surface area (Å²) in [4.78, 5) is 21.8. The van der Waals surface area contributed by atoms with Gasteiger partial charge in [0.15, 0.2) is 5.13 Å². The van der Waals surface area contributed by atoms with Gasteiger partial charge in [0, 0.05) is 21.7 Å². The molecule has 2 aromatic heterocycles. The fourth-order valence-corrected chi connectivity index (χ4v) is 4.42. The van der Waals surface area contributed by atoms with Gasteiger partial charge < -0.3 is 5.32 Å². The SMILES string of the molecule is CCCCc1ccc(C#N)c(SC(C)C(=O)Nc2nc(-c3ccc(Cl)cc3)cs2)n1. The van der Waals surface area contributed by atoms with E-state index in [1.165, 1.54) is 23.1 Å². The lowest BCUT2D eigenvalue weighted by Crippen LogP contribution is -2.22. The smallest absolute Gasteiger partial charge is 0.239 e. The van der Waals surface area contributed by atoms with E-state index >= 15 is 0 Å². The fourth-order valence-electron chi connectivity index (χ4n) is 2.66. The molecule has 0 aliphatic rings. The Morgan fingerprint density at radius 2 is 2.03 bits per heavy atom. The molecule has 1 amide bonds. The molecule has 3 rings (SSSR count). The molecule has 1 N–H and O–H groups in total. The van der Waals surface area contributed by atoms with Crippen molar-refractivity contribution in [3.8, 4) is 17.3 Å². The van der Waals surface area contributed by atoms with Gasteiger partial charge in [0.05, 0.1) is 16.5 Å². The third-order valence-corrected chi connectivity index (χ3v) is 6.47. The number of thiazole rings is 1. The van der Waals surface area contributed by atoms with Crippen molar-refractivity contribution in [1.29, 1.82) is 5.26 Å². The molecule has 0 fully saturated rings. The van der Waals surface area contributed by atoms with Crippen LogP contribution in [0.1, 0.15) is 37.9 Å². The second-order valence-corrected chi connectivity index (χ2v) is 9.29. The summed E-state index contributed by atoms with van der Waals surface area (Å²) >= 11 is 8.59. The van der Waals surface area contributed by atoms with Crippen LogP contribution in [0.4, 0.5) is 5.13 Å². The molecule has 3 aromatic rings. The van der Waals surface area contributed by atoms with Crippen LogP contribution in [-0.2, 0) is 11.2 Å². The molecule has 1 atom stereocenters. The van der Waals surface area contributed by atoms with Crippen LogP contribution in [0.25, 0.3) is 11.3 Å². The van der Waals surface area contributed by atoms with E-state index in [0.717, 1.165) is 36.2 Å². The van der Waals surface area contributed by atoms with Crippen molar-refractivity contribution >= 4 is 45.7 Å². The Hall–Kier alpha value is -2.40. The summed E-state index contributed by atoms with van der Waals surface area (Å²) in [5.41, 5.74) is 3.15. The second-order valence-electron chi connectivity index (χ2n) is 6.66. The summed E-state index contributed by atoms with van der Waals surface area (Å²) in [5, 5.41) is 15.5. The van der Waals surface area contributed by atoms with Crippen LogP contribution in [0.3, 0.4) is 0 Å². The number of carbonyl (C=O) groups excluding carboxylic acids is 1. The van der Waals surface area contributed by atoms with E-state index in [1.807, 2.05) is 35.7 Å². The number of benzene rings is 1. The number of unbranched alkanes of at least 4 members (excludes halogenated alkanes) is 1. The van der Waals surface area contributed by atoms with Gasteiger partial charge in [-0.3, -0.25) is 4.79 Å². The molecule has 5 nitrogen and oxygen atoms in total. The molecule has 1 unspecified atom stereocenters. The van der Waals surface area contributed by atoms with Crippen LogP contribution in [0.2, 0.25) is 5.02 Å². The maximum atomic E-state index is 12.7. The first-order valence-electron chi connectivity index (χ1n) is 9.59. The van der Waals surface area contributed by atoms with E-state index in [1.54, 1.807) is 13.0 Å². The topological polar surface area (TPSA) is 78.7 Å². The van der Waals surface area contributed by atoms with E-state index in [-0.39, 0.29) is 5.91 Å². The van der Waals surface area contributed by atoms with Crippen molar-refractivity contribution in [3.63, 3.8) is 0 Å². The lowest BCUT2D eigenvalue weighted by molar-refractivity contribution is -0.115. The van der Waals surface area contributed by atoms with Crippen LogP contribution in [0.5, 0.6) is 0 Å². The van der Waals surface area contributed by atoms with E-state index in [2.05, 4.69) is 28.3 Å². The lowest BCUT2D eigenvalue weighted by atomic mass is 10.2. The quantitative estimate of drug-likeness (QED) is 0.408. The van der Waals surface area contributed by atoms with Gasteiger partial charge in [-0.25, -0.2) is 9.97 Å². The number of pyridine rings is 1. The number of nitriles is 1. The van der Waals surface area contributed by atoms with Crippen molar-refractivity contribution in [3.05, 3.63) is 58.1 Å². The molecule has 0 spiro atoms. The van der Waals surface area contributed by atoms with Gasteiger partial charge >= 0.3 is 0 Å². The largest absolute Gasteiger partial charge is 0.301 e. The molecule has 154 valence electrons. The Morgan fingerprint density at radius 3 is 2.73 bits per heavy atom. The Kier molecular flexibility index (Phi) is 7.86. The number of hydrogen-bond acceptors (Lipinski definition) is 6. The highest BCUT2D eigenvalue weighted by Crippen LogP contribution is 2.29. The third-order valence-electron chi connectivity index (χ3n) is 4.36. The molecule has 0 aliphatic carbocycles. The normalized spacial score (nSPS) is 11.7. The van der Waals surface area contributed by atoms with Crippen LogP contribution in [-0.4, -0.2) is 21.1 Å². The van der Waals surface area contributed by atoms with Gasteiger partial charge in [-0.1, -0.05) is 48.8 Å². The zero-order valence-electron chi connectivity index (χ0n) is 16.7. The Morgan fingerprint density at radius 1 is 1.27 bits per heavy atom. The molecule has 0 saturated heterocycles. The van der Waals surface area contributed by atoms with Gasteiger partial charge in [-0.15, -0.1) is 11.3 Å². The maximum Gasteiger partial charge on any atom is 0.239 e. The number of carbonyl (C=O) groups is 1. The lowest BCUT2D eigenvalue weighted by Gasteiger charge is -2.12. The number of amides is 1. The first-order valence-corrected chi connectivity index (χ1v) is 11.7. The van der Waals surface area contributed by atoms with Gasteiger partial charge in [0.2, 0.25) is 5.91 Å². The molecule has 0 aliphatic heterocycles. The second kappa shape index (κ2) is 10.6. The van der Waals surface area contributed by atoms with Crippen LogP contribution < -0.4 is 5.32 Å². The highest BCUT2D eigenvalue weighted by Gasteiger charge is 2.19. The number of nitrogens with one attached hydrogen (secondary N) is 1. The Labute approximate surface area is 189 Å². The number of thioether (sulfide) groups is 1. The van der Waals surface area contributed by atoms with Crippen molar-refractivity contribution < 1.29 is 4.79 Å².